The van der Waals surface area contributed by atoms with E-state index in [0.717, 1.165) is 113 Å². The van der Waals surface area contributed by atoms with E-state index in [1.54, 1.807) is 41.9 Å². The van der Waals surface area contributed by atoms with E-state index in [1.165, 1.54) is 62.2 Å². The van der Waals surface area contributed by atoms with E-state index >= 15 is 0 Å². The lowest BCUT2D eigenvalue weighted by molar-refractivity contribution is 0.261. The van der Waals surface area contributed by atoms with E-state index < -0.39 is 0 Å². The monoisotopic (exact) mass is 1750 g/mol. The molecule has 130 heavy (non-hydrogen) atoms. The molecule has 14 heterocycles. The third kappa shape index (κ3) is 25.5. The summed E-state index contributed by atoms with van der Waals surface area (Å²) in [5.41, 5.74) is 20.7. The van der Waals surface area contributed by atoms with Crippen molar-refractivity contribution in [3.63, 3.8) is 0 Å². The van der Waals surface area contributed by atoms with Crippen LogP contribution in [0.25, 0.3) is 78.2 Å². The first-order valence-electron chi connectivity index (χ1n) is 45.0. The van der Waals surface area contributed by atoms with Crippen LogP contribution >= 0.6 is 0 Å². The van der Waals surface area contributed by atoms with E-state index in [-0.39, 0.29) is 54.3 Å². The number of imidazole rings is 2. The number of fused-ring (bicyclic) bond motifs is 10. The molecule has 0 fully saturated rings. The minimum atomic E-state index is -0.0386. The van der Waals surface area contributed by atoms with Crippen LogP contribution < -0.4 is 21.2 Å². The number of allylic oxidation sites excluding steroid dienone is 4. The topological polar surface area (TPSA) is 244 Å². The third-order valence-electron chi connectivity index (χ3n) is 22.0. The lowest BCUT2D eigenvalue weighted by Gasteiger charge is -2.37. The summed E-state index contributed by atoms with van der Waals surface area (Å²) in [5.74, 6) is 1.81. The zero-order valence-corrected chi connectivity index (χ0v) is 82.5. The van der Waals surface area contributed by atoms with Gasteiger partial charge in [0.15, 0.2) is 17.1 Å². The Labute approximate surface area is 767 Å². The Morgan fingerprint density at radius 2 is 0.992 bits per heavy atom. The van der Waals surface area contributed by atoms with Crippen molar-refractivity contribution in [3.05, 3.63) is 303 Å². The number of para-hydroxylation sites is 1. The van der Waals surface area contributed by atoms with Gasteiger partial charge in [-0.05, 0) is 191 Å². The summed E-state index contributed by atoms with van der Waals surface area (Å²) in [6.45, 7) is 66.9. The number of nitrogens with zero attached hydrogens (tertiary/aromatic N) is 16. The summed E-state index contributed by atoms with van der Waals surface area (Å²) in [6, 6.07) is 48.9. The molecule has 0 bridgehead atoms. The molecule has 21 nitrogen and oxygen atoms in total. The van der Waals surface area contributed by atoms with Crippen molar-refractivity contribution in [2.45, 2.75) is 275 Å². The average molecular weight is 1750 g/mol. The van der Waals surface area contributed by atoms with Gasteiger partial charge in [0.2, 0.25) is 0 Å². The molecule has 11 aromatic heterocycles. The van der Waals surface area contributed by atoms with Gasteiger partial charge >= 0.3 is 0 Å². The molecule has 0 atom stereocenters. The van der Waals surface area contributed by atoms with Crippen LogP contribution in [0, 0.1) is 0 Å². The van der Waals surface area contributed by atoms with Crippen molar-refractivity contribution in [3.8, 4) is 0 Å². The van der Waals surface area contributed by atoms with Crippen LogP contribution in [0.3, 0.4) is 0 Å². The molecule has 0 radical (unpaired) electrons. The van der Waals surface area contributed by atoms with Gasteiger partial charge in [0, 0.05) is 91.2 Å². The van der Waals surface area contributed by atoms with Gasteiger partial charge in [-0.3, -0.25) is 15.0 Å². The quantitative estimate of drug-likeness (QED) is 0.137. The molecular formula is C109H136N16O5. The molecule has 20 rings (SSSR count). The lowest BCUT2D eigenvalue weighted by atomic mass is 9.85. The second-order valence-corrected chi connectivity index (χ2v) is 43.4. The number of aromatic nitrogens is 13. The number of pyridine rings is 2. The zero-order valence-electron chi connectivity index (χ0n) is 82.5. The van der Waals surface area contributed by atoms with Gasteiger partial charge < -0.3 is 27.5 Å². The van der Waals surface area contributed by atoms with Crippen molar-refractivity contribution in [2.75, 3.05) is 13.1 Å². The highest BCUT2D eigenvalue weighted by Gasteiger charge is 2.29. The van der Waals surface area contributed by atoms with Gasteiger partial charge in [0.25, 0.3) is 0 Å². The summed E-state index contributed by atoms with van der Waals surface area (Å²) in [6.07, 6.45) is 29.7. The molecule has 4 aliphatic rings. The van der Waals surface area contributed by atoms with Gasteiger partial charge in [-0.2, -0.15) is 10.2 Å². The Bertz CT molecular complexity index is 6470. The van der Waals surface area contributed by atoms with Gasteiger partial charge in [-0.15, -0.1) is 0 Å². The van der Waals surface area contributed by atoms with Crippen LogP contribution in [0.2, 0.25) is 0 Å². The van der Waals surface area contributed by atoms with Crippen molar-refractivity contribution in [1.82, 2.24) is 69.8 Å². The SMILES string of the molecule is CC(C)(C)N1C=CC=C2CCC=C21.CC(C)(C)c1ccc2c(c1)=CCN=2.CC(C)(C)c1ccc2conc2c1.CC(C)(C)c1ccc2nccn2n1.CC(C)(C)c1ccc2nocc2n1.CC(C)(C)c1cccc2c1=NCC=2.CC(C)(C)c1cccc2nocc12.CC(C)(C)c1cnc2cccnn12.CC(C)(C)c1onc2ccccc12.CC(C)(C)c1onc2cccnc12. The smallest absolute Gasteiger partial charge is 0.168 e. The van der Waals surface area contributed by atoms with Gasteiger partial charge in [-0.1, -0.05) is 292 Å². The Kier molecular flexibility index (Phi) is 30.0. The minimum Gasteiger partial charge on any atom is -0.364 e. The maximum atomic E-state index is 5.33. The predicted octanol–water partition coefficient (Wildman–Crippen LogP) is 24.5. The van der Waals surface area contributed by atoms with E-state index in [4.69, 9.17) is 22.6 Å². The lowest BCUT2D eigenvalue weighted by Crippen LogP contribution is -2.37. The molecule has 0 spiro atoms. The van der Waals surface area contributed by atoms with Crippen LogP contribution in [-0.2, 0) is 48.7 Å². The maximum Gasteiger partial charge on any atom is 0.168 e. The molecule has 1 aliphatic carbocycles. The van der Waals surface area contributed by atoms with Crippen molar-refractivity contribution in [2.24, 2.45) is 9.98 Å². The maximum absolute atomic E-state index is 5.33. The average Bonchev–Trinajstić information content (AvgIpc) is 1.70. The second-order valence-electron chi connectivity index (χ2n) is 43.4. The van der Waals surface area contributed by atoms with Crippen LogP contribution in [0.15, 0.2) is 264 Å². The first kappa shape index (κ1) is 98.0. The van der Waals surface area contributed by atoms with Crippen LogP contribution in [0.1, 0.15) is 271 Å². The first-order chi connectivity index (χ1) is 60.8. The highest BCUT2D eigenvalue weighted by atomic mass is 16.5. The van der Waals surface area contributed by atoms with Crippen LogP contribution in [-0.4, -0.2) is 88.5 Å². The Balaban J connectivity index is 0.000000140. The highest BCUT2D eigenvalue weighted by molar-refractivity contribution is 5.83. The van der Waals surface area contributed by atoms with Crippen molar-refractivity contribution < 1.29 is 22.6 Å². The molecule has 0 N–H and O–H groups in total. The fourth-order valence-electron chi connectivity index (χ4n) is 14.6. The Morgan fingerprint density at radius 1 is 0.392 bits per heavy atom. The molecule has 0 amide bonds. The van der Waals surface area contributed by atoms with E-state index in [1.807, 2.05) is 108 Å². The van der Waals surface area contributed by atoms with Gasteiger partial charge in [-0.25, -0.2) is 24.0 Å². The summed E-state index contributed by atoms with van der Waals surface area (Å²) in [7, 11) is 0. The molecular weight excluding hydrogens is 1610 g/mol. The summed E-state index contributed by atoms with van der Waals surface area (Å²) in [4.78, 5) is 28.4. The van der Waals surface area contributed by atoms with Gasteiger partial charge in [0.1, 0.15) is 63.2 Å². The number of hydrogen-bond donors (Lipinski definition) is 0. The molecule has 0 saturated heterocycles. The van der Waals surface area contributed by atoms with E-state index in [9.17, 15) is 0 Å². The predicted molar refractivity (Wildman–Crippen MR) is 529 cm³/mol. The van der Waals surface area contributed by atoms with Gasteiger partial charge in [0.05, 0.1) is 41.4 Å². The summed E-state index contributed by atoms with van der Waals surface area (Å²) < 4.78 is 28.9. The minimum absolute atomic E-state index is 0.0239. The Hall–Kier alpha value is -12.7. The Morgan fingerprint density at radius 3 is 1.68 bits per heavy atom. The fraction of sp³-hybridized carbons (Fsp3) is 0.404. The molecule has 682 valence electrons. The molecule has 0 unspecified atom stereocenters. The largest absolute Gasteiger partial charge is 0.364 e. The van der Waals surface area contributed by atoms with Crippen molar-refractivity contribution in [1.29, 1.82) is 0 Å². The van der Waals surface area contributed by atoms with Crippen molar-refractivity contribution >= 4 is 78.2 Å². The molecule has 3 aliphatic heterocycles. The molecule has 0 saturated carbocycles. The molecule has 21 heteroatoms. The zero-order chi connectivity index (χ0) is 94.7. The van der Waals surface area contributed by atoms with E-state index in [0.29, 0.717) is 0 Å². The normalized spacial score (nSPS) is 13.6. The second kappa shape index (κ2) is 39.7. The highest BCUT2D eigenvalue weighted by Crippen LogP contribution is 2.37. The van der Waals surface area contributed by atoms with E-state index in [2.05, 4.69) is 370 Å². The van der Waals surface area contributed by atoms with Crippen LogP contribution in [0.4, 0.5) is 0 Å². The summed E-state index contributed by atoms with van der Waals surface area (Å²) in [5, 5.41) is 36.6. The number of benzene rings is 5. The number of hydrogen-bond acceptors (Lipinski definition) is 19. The molecule has 5 aromatic carbocycles. The summed E-state index contributed by atoms with van der Waals surface area (Å²) >= 11 is 0. The first-order valence-corrected chi connectivity index (χ1v) is 45.0. The standard InChI is InChI=1S/C12H17N.2C12H15N.3C11H13NO.2C10H13N3.2C10H12N2O/c1-12(2,3)13-9-5-7-10-6-4-8-11(10)13;1-12(2,3)10-4-5-11-9(8-10)6-7-13-11;1-12(2,3)10-6-4-5-9-7-8-13-11(9)10;1-11(2,3)9-5-4-8-7-13-12-10(8)6-9;1-11(2,3)9-5-4-6-10-8(9)7-13-12-10;1-11(2,3)10-8-6-4-5-7-9(8)12-13-10;1-10(2,3)8-4-5-9-11-6-7-13(9)12-8;1-10(2,3)8-7-11-9-5-4-6-12-13(8)9;1-10(2,3)9-5-4-7-8(11-9)6-13-12-7;1-10(2,3)9-8-7(12-13-9)5-4-6-11-8/h5,7-9H,4,6H2,1-3H3;4-6,8H,7H2,1-3H3;4-7H,8H2,1-3H3;5*4-7H,1-3H3;2*4-6H,1-3H3. The third-order valence-corrected chi connectivity index (χ3v) is 22.0. The van der Waals surface area contributed by atoms with Crippen LogP contribution in [0.5, 0.6) is 0 Å². The fourth-order valence-corrected chi connectivity index (χ4v) is 14.6. The number of rotatable bonds is 0. The molecule has 16 aromatic rings.